The zero-order valence-corrected chi connectivity index (χ0v) is 12.0. The second-order valence-corrected chi connectivity index (χ2v) is 5.48. The van der Waals surface area contributed by atoms with E-state index in [4.69, 9.17) is 11.6 Å². The van der Waals surface area contributed by atoms with Crippen molar-refractivity contribution < 1.29 is 9.90 Å². The summed E-state index contributed by atoms with van der Waals surface area (Å²) in [7, 11) is 0. The van der Waals surface area contributed by atoms with E-state index >= 15 is 0 Å². The molecule has 1 saturated heterocycles. The van der Waals surface area contributed by atoms with E-state index in [1.54, 1.807) is 6.07 Å². The lowest BCUT2D eigenvalue weighted by Crippen LogP contribution is -2.40. The maximum absolute atomic E-state index is 11.4. The van der Waals surface area contributed by atoms with E-state index < -0.39 is 5.97 Å². The first-order valence-corrected chi connectivity index (χ1v) is 7.31. The number of carboxylic acids is 1. The van der Waals surface area contributed by atoms with Crippen molar-refractivity contribution in [3.63, 3.8) is 0 Å². The summed E-state index contributed by atoms with van der Waals surface area (Å²) in [6.45, 7) is 3.09. The van der Waals surface area contributed by atoms with Crippen LogP contribution in [-0.4, -0.2) is 23.7 Å². The van der Waals surface area contributed by atoms with Crippen molar-refractivity contribution in [3.05, 3.63) is 28.8 Å². The predicted octanol–water partition coefficient (Wildman–Crippen LogP) is 4.20. The Bertz CT molecular complexity index is 459. The normalized spacial score (nSPS) is 19.5. The molecule has 1 N–H and O–H groups in total. The van der Waals surface area contributed by atoms with Crippen LogP contribution in [0.4, 0.5) is 5.69 Å². The van der Waals surface area contributed by atoms with Gasteiger partial charge in [0, 0.05) is 12.6 Å². The Hall–Kier alpha value is -1.22. The van der Waals surface area contributed by atoms with Crippen LogP contribution in [0.15, 0.2) is 18.2 Å². The fourth-order valence-electron chi connectivity index (χ4n) is 2.91. The van der Waals surface area contributed by atoms with Crippen molar-refractivity contribution in [2.75, 3.05) is 11.4 Å². The van der Waals surface area contributed by atoms with Gasteiger partial charge in [0.05, 0.1) is 10.7 Å². The Labute approximate surface area is 119 Å². The zero-order valence-electron chi connectivity index (χ0n) is 11.2. The average Bonchev–Trinajstić information content (AvgIpc) is 2.39. The smallest absolute Gasteiger partial charge is 0.339 e. The number of rotatable bonds is 4. The second kappa shape index (κ2) is 6.29. The van der Waals surface area contributed by atoms with Gasteiger partial charge < -0.3 is 10.0 Å². The van der Waals surface area contributed by atoms with Gasteiger partial charge in [-0.3, -0.25) is 0 Å². The summed E-state index contributed by atoms with van der Waals surface area (Å²) >= 11 is 6.06. The molecule has 3 nitrogen and oxygen atoms in total. The third-order valence-corrected chi connectivity index (χ3v) is 4.08. The number of nitrogens with zero attached hydrogens (tertiary/aromatic N) is 1. The summed E-state index contributed by atoms with van der Waals surface area (Å²) in [4.78, 5) is 13.7. The number of carbonyl (C=O) groups is 1. The van der Waals surface area contributed by atoms with E-state index in [1.165, 1.54) is 6.42 Å². The summed E-state index contributed by atoms with van der Waals surface area (Å²) in [5, 5.41) is 9.71. The van der Waals surface area contributed by atoms with Crippen LogP contribution in [0.5, 0.6) is 0 Å². The molecule has 0 radical (unpaired) electrons. The van der Waals surface area contributed by atoms with Crippen molar-refractivity contribution in [3.8, 4) is 0 Å². The summed E-state index contributed by atoms with van der Waals surface area (Å²) < 4.78 is 0. The first kappa shape index (κ1) is 14.2. The quantitative estimate of drug-likeness (QED) is 0.899. The molecule has 1 aromatic rings. The Morgan fingerprint density at radius 1 is 1.47 bits per heavy atom. The van der Waals surface area contributed by atoms with Gasteiger partial charge >= 0.3 is 5.97 Å². The lowest BCUT2D eigenvalue weighted by molar-refractivity contribution is 0.0697. The first-order chi connectivity index (χ1) is 9.15. The lowest BCUT2D eigenvalue weighted by Gasteiger charge is -2.38. The van der Waals surface area contributed by atoms with Gasteiger partial charge in [-0.15, -0.1) is 0 Å². The molecule has 0 spiro atoms. The van der Waals surface area contributed by atoms with Crippen molar-refractivity contribution in [2.45, 2.75) is 45.1 Å². The fourth-order valence-corrected chi connectivity index (χ4v) is 3.17. The molecule has 0 bridgehead atoms. The maximum Gasteiger partial charge on any atom is 0.339 e. The molecule has 0 amide bonds. The molecule has 1 aromatic carbocycles. The minimum Gasteiger partial charge on any atom is -0.478 e. The molecule has 1 aliphatic rings. The van der Waals surface area contributed by atoms with E-state index in [1.807, 2.05) is 12.1 Å². The molecule has 0 saturated carbocycles. The monoisotopic (exact) mass is 281 g/mol. The van der Waals surface area contributed by atoms with E-state index in [2.05, 4.69) is 11.8 Å². The zero-order chi connectivity index (χ0) is 13.8. The second-order valence-electron chi connectivity index (χ2n) is 5.07. The van der Waals surface area contributed by atoms with Crippen LogP contribution in [0.25, 0.3) is 0 Å². The maximum atomic E-state index is 11.4. The number of halogens is 1. The summed E-state index contributed by atoms with van der Waals surface area (Å²) in [6, 6.07) is 5.80. The molecule has 104 valence electrons. The largest absolute Gasteiger partial charge is 0.478 e. The topological polar surface area (TPSA) is 40.5 Å². The van der Waals surface area contributed by atoms with Gasteiger partial charge in [0.1, 0.15) is 5.56 Å². The number of carboxylic acid groups (broad SMARTS) is 1. The van der Waals surface area contributed by atoms with Gasteiger partial charge in [0.2, 0.25) is 0 Å². The van der Waals surface area contributed by atoms with Crippen LogP contribution in [0.1, 0.15) is 49.4 Å². The molecule has 19 heavy (non-hydrogen) atoms. The highest BCUT2D eigenvalue weighted by Gasteiger charge is 2.26. The molecule has 0 aromatic heterocycles. The Kier molecular flexibility index (Phi) is 4.70. The summed E-state index contributed by atoms with van der Waals surface area (Å²) in [5.41, 5.74) is 1.02. The van der Waals surface area contributed by atoms with Crippen molar-refractivity contribution in [1.82, 2.24) is 0 Å². The SMILES string of the molecule is CCCC1CCCCN1c1cccc(Cl)c1C(=O)O. The molecular weight excluding hydrogens is 262 g/mol. The molecule has 4 heteroatoms. The van der Waals surface area contributed by atoms with Crippen LogP contribution in [0, 0.1) is 0 Å². The predicted molar refractivity (Wildman–Crippen MR) is 78.3 cm³/mol. The van der Waals surface area contributed by atoms with E-state index in [-0.39, 0.29) is 5.56 Å². The lowest BCUT2D eigenvalue weighted by atomic mass is 9.96. The van der Waals surface area contributed by atoms with Crippen LogP contribution in [0.2, 0.25) is 5.02 Å². The van der Waals surface area contributed by atoms with E-state index in [0.29, 0.717) is 11.1 Å². The van der Waals surface area contributed by atoms with Crippen molar-refractivity contribution in [1.29, 1.82) is 0 Å². The van der Waals surface area contributed by atoms with Crippen LogP contribution < -0.4 is 4.90 Å². The van der Waals surface area contributed by atoms with Crippen LogP contribution >= 0.6 is 11.6 Å². The van der Waals surface area contributed by atoms with E-state index in [0.717, 1.165) is 37.9 Å². The van der Waals surface area contributed by atoms with Gasteiger partial charge in [-0.25, -0.2) is 4.79 Å². The highest BCUT2D eigenvalue weighted by atomic mass is 35.5. The van der Waals surface area contributed by atoms with Crippen molar-refractivity contribution >= 4 is 23.3 Å². The average molecular weight is 282 g/mol. The minimum atomic E-state index is -0.943. The Balaban J connectivity index is 2.38. The summed E-state index contributed by atoms with van der Waals surface area (Å²) in [5.74, 6) is -0.943. The minimum absolute atomic E-state index is 0.243. The molecular formula is C15H20ClNO2. The number of hydrogen-bond donors (Lipinski definition) is 1. The van der Waals surface area contributed by atoms with Gasteiger partial charge in [-0.1, -0.05) is 31.0 Å². The Morgan fingerprint density at radius 3 is 2.95 bits per heavy atom. The van der Waals surface area contributed by atoms with Crippen LogP contribution in [-0.2, 0) is 0 Å². The first-order valence-electron chi connectivity index (χ1n) is 6.93. The molecule has 2 rings (SSSR count). The highest BCUT2D eigenvalue weighted by Crippen LogP contribution is 2.33. The molecule has 1 aliphatic heterocycles. The van der Waals surface area contributed by atoms with Gasteiger partial charge in [-0.2, -0.15) is 0 Å². The number of piperidine rings is 1. The number of benzene rings is 1. The fraction of sp³-hybridized carbons (Fsp3) is 0.533. The van der Waals surface area contributed by atoms with E-state index in [9.17, 15) is 9.90 Å². The number of aromatic carboxylic acids is 1. The number of anilines is 1. The van der Waals surface area contributed by atoms with Gasteiger partial charge in [0.15, 0.2) is 0 Å². The Morgan fingerprint density at radius 2 is 2.26 bits per heavy atom. The molecule has 0 aliphatic carbocycles. The third-order valence-electron chi connectivity index (χ3n) is 3.76. The highest BCUT2D eigenvalue weighted by molar-refractivity contribution is 6.34. The summed E-state index contributed by atoms with van der Waals surface area (Å²) in [6.07, 6.45) is 5.70. The molecule has 1 unspecified atom stereocenters. The third kappa shape index (κ3) is 3.03. The standard InChI is InChI=1S/C15H20ClNO2/c1-2-6-11-7-3-4-10-17(11)13-9-5-8-12(16)14(13)15(18)19/h5,8-9,11H,2-4,6-7,10H2,1H3,(H,18,19). The molecule has 1 fully saturated rings. The van der Waals surface area contributed by atoms with Gasteiger partial charge in [0.25, 0.3) is 0 Å². The van der Waals surface area contributed by atoms with Crippen LogP contribution in [0.3, 0.4) is 0 Å². The number of hydrogen-bond acceptors (Lipinski definition) is 2. The van der Waals surface area contributed by atoms with Crippen molar-refractivity contribution in [2.24, 2.45) is 0 Å². The molecule has 1 heterocycles. The van der Waals surface area contributed by atoms with Gasteiger partial charge in [-0.05, 0) is 37.8 Å². The molecule has 1 atom stereocenters.